The van der Waals surface area contributed by atoms with E-state index in [-0.39, 0.29) is 18.4 Å². The van der Waals surface area contributed by atoms with Crippen molar-refractivity contribution >= 4 is 50.0 Å². The molecule has 0 unspecified atom stereocenters. The van der Waals surface area contributed by atoms with Crippen molar-refractivity contribution in [1.82, 2.24) is 9.88 Å². The SMILES string of the molecule is CCN(CC(=O)Nc1ccc(N2CCOCC2)cc1)C(=O)c1cc2ccc(Br)cc2[nH]1. The Kier molecular flexibility index (Phi) is 6.58. The molecular weight excluding hydrogens is 460 g/mol. The van der Waals surface area contributed by atoms with E-state index in [4.69, 9.17) is 4.74 Å². The first kappa shape index (κ1) is 21.4. The fourth-order valence-corrected chi connectivity index (χ4v) is 4.02. The zero-order valence-corrected chi connectivity index (χ0v) is 18.9. The smallest absolute Gasteiger partial charge is 0.270 e. The van der Waals surface area contributed by atoms with Gasteiger partial charge >= 0.3 is 0 Å². The minimum atomic E-state index is -0.229. The van der Waals surface area contributed by atoms with Crippen LogP contribution in [-0.2, 0) is 9.53 Å². The van der Waals surface area contributed by atoms with E-state index < -0.39 is 0 Å². The molecule has 4 rings (SSSR count). The van der Waals surface area contributed by atoms with Gasteiger partial charge < -0.3 is 24.8 Å². The molecule has 8 heteroatoms. The molecule has 1 aromatic heterocycles. The van der Waals surface area contributed by atoms with Gasteiger partial charge in [-0.25, -0.2) is 0 Å². The van der Waals surface area contributed by atoms with Crippen molar-refractivity contribution in [2.75, 3.05) is 49.6 Å². The number of benzene rings is 2. The third-order valence-corrected chi connectivity index (χ3v) is 5.84. The van der Waals surface area contributed by atoms with E-state index in [0.29, 0.717) is 17.9 Å². The second-order valence-corrected chi connectivity index (χ2v) is 8.34. The van der Waals surface area contributed by atoms with E-state index in [1.165, 1.54) is 4.90 Å². The lowest BCUT2D eigenvalue weighted by atomic mass is 10.2. The van der Waals surface area contributed by atoms with Crippen LogP contribution in [0.2, 0.25) is 0 Å². The van der Waals surface area contributed by atoms with E-state index in [2.05, 4.69) is 31.1 Å². The molecule has 1 saturated heterocycles. The minimum Gasteiger partial charge on any atom is -0.378 e. The molecule has 2 aromatic carbocycles. The molecule has 2 heterocycles. The number of carbonyl (C=O) groups is 2. The number of rotatable bonds is 6. The third-order valence-electron chi connectivity index (χ3n) is 5.35. The maximum Gasteiger partial charge on any atom is 0.270 e. The summed E-state index contributed by atoms with van der Waals surface area (Å²) in [4.78, 5) is 32.4. The average Bonchev–Trinajstić information content (AvgIpc) is 3.21. The lowest BCUT2D eigenvalue weighted by Crippen LogP contribution is -2.38. The summed E-state index contributed by atoms with van der Waals surface area (Å²) in [5.41, 5.74) is 3.16. The van der Waals surface area contributed by atoms with Crippen LogP contribution in [0, 0.1) is 0 Å². The van der Waals surface area contributed by atoms with Gasteiger partial charge in [0.1, 0.15) is 12.2 Å². The Morgan fingerprint density at radius 1 is 1.13 bits per heavy atom. The Hall–Kier alpha value is -2.84. The monoisotopic (exact) mass is 484 g/mol. The quantitative estimate of drug-likeness (QED) is 0.556. The summed E-state index contributed by atoms with van der Waals surface area (Å²) in [6.07, 6.45) is 0. The summed E-state index contributed by atoms with van der Waals surface area (Å²) in [7, 11) is 0. The molecular formula is C23H25BrN4O3. The van der Waals surface area contributed by atoms with Crippen LogP contribution in [0.3, 0.4) is 0 Å². The number of H-pyrrole nitrogens is 1. The lowest BCUT2D eigenvalue weighted by molar-refractivity contribution is -0.116. The molecule has 0 atom stereocenters. The molecule has 1 aliphatic rings. The summed E-state index contributed by atoms with van der Waals surface area (Å²) < 4.78 is 6.32. The molecule has 31 heavy (non-hydrogen) atoms. The number of carbonyl (C=O) groups excluding carboxylic acids is 2. The van der Waals surface area contributed by atoms with Crippen LogP contribution in [0.1, 0.15) is 17.4 Å². The number of ether oxygens (including phenoxy) is 1. The van der Waals surface area contributed by atoms with Crippen molar-refractivity contribution in [2.24, 2.45) is 0 Å². The summed E-state index contributed by atoms with van der Waals surface area (Å²) >= 11 is 3.44. The van der Waals surface area contributed by atoms with E-state index in [9.17, 15) is 9.59 Å². The number of nitrogens with zero attached hydrogens (tertiary/aromatic N) is 2. The molecule has 2 N–H and O–H groups in total. The fraction of sp³-hybridized carbons (Fsp3) is 0.304. The highest BCUT2D eigenvalue weighted by Gasteiger charge is 2.19. The molecule has 7 nitrogen and oxygen atoms in total. The fourth-order valence-electron chi connectivity index (χ4n) is 3.66. The van der Waals surface area contributed by atoms with Crippen LogP contribution in [0.15, 0.2) is 53.0 Å². The van der Waals surface area contributed by atoms with Crippen molar-refractivity contribution < 1.29 is 14.3 Å². The van der Waals surface area contributed by atoms with Crippen LogP contribution in [0.5, 0.6) is 0 Å². The van der Waals surface area contributed by atoms with E-state index in [1.54, 1.807) is 0 Å². The van der Waals surface area contributed by atoms with Crippen LogP contribution in [-0.4, -0.2) is 61.1 Å². The van der Waals surface area contributed by atoms with Crippen molar-refractivity contribution in [3.63, 3.8) is 0 Å². The highest BCUT2D eigenvalue weighted by atomic mass is 79.9. The average molecular weight is 485 g/mol. The number of likely N-dealkylation sites (N-methyl/N-ethyl adjacent to an activating group) is 1. The number of aromatic nitrogens is 1. The number of nitrogens with one attached hydrogen (secondary N) is 2. The third kappa shape index (κ3) is 5.08. The zero-order chi connectivity index (χ0) is 21.8. The topological polar surface area (TPSA) is 77.7 Å². The number of anilines is 2. The van der Waals surface area contributed by atoms with Gasteiger partial charge in [0.25, 0.3) is 5.91 Å². The van der Waals surface area contributed by atoms with E-state index in [0.717, 1.165) is 47.4 Å². The Morgan fingerprint density at radius 2 is 1.87 bits per heavy atom. The molecule has 0 saturated carbocycles. The largest absolute Gasteiger partial charge is 0.378 e. The molecule has 1 aliphatic heterocycles. The standard InChI is InChI=1S/C23H25BrN4O3/c1-2-27(23(30)21-13-16-3-4-17(24)14-20(16)26-21)15-22(29)25-18-5-7-19(8-6-18)28-9-11-31-12-10-28/h3-8,13-14,26H,2,9-12,15H2,1H3,(H,25,29). The van der Waals surface area contributed by atoms with E-state index >= 15 is 0 Å². The normalized spacial score (nSPS) is 13.9. The van der Waals surface area contributed by atoms with Crippen LogP contribution in [0.25, 0.3) is 10.9 Å². The molecule has 0 radical (unpaired) electrons. The highest BCUT2D eigenvalue weighted by Crippen LogP contribution is 2.22. The molecule has 3 aromatic rings. The molecule has 2 amide bonds. The summed E-state index contributed by atoms with van der Waals surface area (Å²) in [5.74, 6) is -0.430. The molecule has 162 valence electrons. The summed E-state index contributed by atoms with van der Waals surface area (Å²) in [5, 5.41) is 3.84. The van der Waals surface area contributed by atoms with Gasteiger partial charge in [0, 0.05) is 46.4 Å². The number of hydrogen-bond donors (Lipinski definition) is 2. The molecule has 0 aliphatic carbocycles. The van der Waals surface area contributed by atoms with Crippen molar-refractivity contribution in [2.45, 2.75) is 6.92 Å². The number of amides is 2. The first-order valence-electron chi connectivity index (χ1n) is 10.3. The van der Waals surface area contributed by atoms with Gasteiger partial charge in [0.05, 0.1) is 13.2 Å². The number of halogens is 1. The van der Waals surface area contributed by atoms with E-state index in [1.807, 2.05) is 55.5 Å². The Balaban J connectivity index is 1.38. The van der Waals surface area contributed by atoms with Gasteiger partial charge in [-0.05, 0) is 49.4 Å². The Morgan fingerprint density at radius 3 is 2.58 bits per heavy atom. The zero-order valence-electron chi connectivity index (χ0n) is 17.4. The number of fused-ring (bicyclic) bond motifs is 1. The lowest BCUT2D eigenvalue weighted by Gasteiger charge is -2.29. The predicted octanol–water partition coefficient (Wildman–Crippen LogP) is 3.87. The van der Waals surface area contributed by atoms with Crippen molar-refractivity contribution in [3.05, 3.63) is 58.7 Å². The number of morpholine rings is 1. The number of hydrogen-bond acceptors (Lipinski definition) is 4. The van der Waals surface area contributed by atoms with Crippen LogP contribution in [0.4, 0.5) is 11.4 Å². The number of aromatic amines is 1. The van der Waals surface area contributed by atoms with Gasteiger partial charge in [-0.3, -0.25) is 9.59 Å². The van der Waals surface area contributed by atoms with Gasteiger partial charge in [-0.15, -0.1) is 0 Å². The maximum absolute atomic E-state index is 12.9. The Labute approximate surface area is 189 Å². The van der Waals surface area contributed by atoms with Gasteiger partial charge in [0.15, 0.2) is 0 Å². The predicted molar refractivity (Wildman–Crippen MR) is 126 cm³/mol. The molecule has 0 spiro atoms. The van der Waals surface area contributed by atoms with Gasteiger partial charge in [-0.2, -0.15) is 0 Å². The first-order chi connectivity index (χ1) is 15.0. The minimum absolute atomic E-state index is 0.0143. The second-order valence-electron chi connectivity index (χ2n) is 7.43. The first-order valence-corrected chi connectivity index (χ1v) is 11.1. The van der Waals surface area contributed by atoms with Crippen molar-refractivity contribution in [3.8, 4) is 0 Å². The Bertz CT molecular complexity index is 1070. The summed E-state index contributed by atoms with van der Waals surface area (Å²) in [6.45, 7) is 5.47. The highest BCUT2D eigenvalue weighted by molar-refractivity contribution is 9.10. The van der Waals surface area contributed by atoms with Crippen molar-refractivity contribution in [1.29, 1.82) is 0 Å². The maximum atomic E-state index is 12.9. The van der Waals surface area contributed by atoms with Gasteiger partial charge in [0.2, 0.25) is 5.91 Å². The molecule has 1 fully saturated rings. The summed E-state index contributed by atoms with van der Waals surface area (Å²) in [6, 6.07) is 15.4. The van der Waals surface area contributed by atoms with Crippen LogP contribution < -0.4 is 10.2 Å². The second kappa shape index (κ2) is 9.53. The van der Waals surface area contributed by atoms with Gasteiger partial charge in [-0.1, -0.05) is 22.0 Å². The van der Waals surface area contributed by atoms with Crippen LogP contribution >= 0.6 is 15.9 Å². The molecule has 0 bridgehead atoms.